The molecule has 0 unspecified atom stereocenters. The second kappa shape index (κ2) is 12.7. The van der Waals surface area contributed by atoms with E-state index in [0.29, 0.717) is 68.6 Å². The predicted octanol–water partition coefficient (Wildman–Crippen LogP) is 6.29. The third-order valence-electron chi connectivity index (χ3n) is 8.48. The Morgan fingerprint density at radius 2 is 1.64 bits per heavy atom. The Labute approximate surface area is 254 Å². The first-order valence-electron chi connectivity index (χ1n) is 14.4. The van der Waals surface area contributed by atoms with Crippen molar-refractivity contribution >= 4 is 34.0 Å². The van der Waals surface area contributed by atoms with E-state index in [-0.39, 0.29) is 30.3 Å². The number of rotatable bonds is 7. The molecule has 2 aliphatic rings. The number of nitro groups is 1. The first-order chi connectivity index (χ1) is 21.2. The summed E-state index contributed by atoms with van der Waals surface area (Å²) in [6.07, 6.45) is -7.03. The predicted molar refractivity (Wildman–Crippen MR) is 154 cm³/mol. The Bertz CT molecular complexity index is 1550. The van der Waals surface area contributed by atoms with Crippen molar-refractivity contribution in [3.8, 4) is 0 Å². The van der Waals surface area contributed by atoms with Gasteiger partial charge in [-0.3, -0.25) is 14.9 Å². The van der Waals surface area contributed by atoms with E-state index in [9.17, 15) is 41.3 Å². The van der Waals surface area contributed by atoms with Crippen molar-refractivity contribution in [2.75, 3.05) is 49.6 Å². The zero-order chi connectivity index (χ0) is 32.5. The molecule has 242 valence electrons. The van der Waals surface area contributed by atoms with Gasteiger partial charge in [0.1, 0.15) is 18.0 Å². The molecule has 1 aliphatic heterocycles. The van der Waals surface area contributed by atoms with Crippen molar-refractivity contribution in [2.45, 2.75) is 50.2 Å². The van der Waals surface area contributed by atoms with Gasteiger partial charge < -0.3 is 19.4 Å². The fraction of sp³-hybridized carbons (Fsp3) is 0.467. The van der Waals surface area contributed by atoms with Crippen LogP contribution >= 0.6 is 0 Å². The van der Waals surface area contributed by atoms with Crippen LogP contribution in [0.3, 0.4) is 0 Å². The highest BCUT2D eigenvalue weighted by molar-refractivity contribution is 5.81. The Kier molecular flexibility index (Phi) is 9.10. The molecule has 0 bridgehead atoms. The summed E-state index contributed by atoms with van der Waals surface area (Å²) in [4.78, 5) is 32.7. The van der Waals surface area contributed by atoms with Gasteiger partial charge in [-0.1, -0.05) is 0 Å². The van der Waals surface area contributed by atoms with Crippen molar-refractivity contribution in [1.29, 1.82) is 0 Å². The molecule has 0 spiro atoms. The standard InChI is InChI=1S/C30H31F6N5O4/c1-38(22-6-10-26(41(43)44)24(17-22)30(34,35)36)21-4-7-23(8-5-21)45-18-28(42)40-14-12-39(13-15-40)27-11-2-19-16-20(29(31,32)33)3-9-25(19)37-27/h2-3,6,9-11,16-17,21,23H,4-5,7-8,12-15,18H2,1H3. The molecule has 1 saturated carbocycles. The van der Waals surface area contributed by atoms with Gasteiger partial charge in [-0.25, -0.2) is 4.98 Å². The van der Waals surface area contributed by atoms with Crippen molar-refractivity contribution in [3.05, 3.63) is 69.8 Å². The lowest BCUT2D eigenvalue weighted by Crippen LogP contribution is -2.50. The molecular formula is C30H31F6N5O4. The molecule has 1 amide bonds. The molecule has 0 atom stereocenters. The van der Waals surface area contributed by atoms with Crippen LogP contribution in [0.5, 0.6) is 0 Å². The highest BCUT2D eigenvalue weighted by Gasteiger charge is 2.39. The van der Waals surface area contributed by atoms with Crippen LogP contribution in [-0.2, 0) is 21.9 Å². The normalized spacial score (nSPS) is 19.5. The molecule has 2 aromatic carbocycles. The van der Waals surface area contributed by atoms with Crippen LogP contribution in [-0.4, -0.2) is 72.7 Å². The quantitative estimate of drug-likeness (QED) is 0.170. The molecule has 2 fully saturated rings. The molecule has 1 saturated heterocycles. The molecule has 9 nitrogen and oxygen atoms in total. The van der Waals surface area contributed by atoms with Gasteiger partial charge in [-0.05, 0) is 68.1 Å². The van der Waals surface area contributed by atoms with Crippen LogP contribution in [0.15, 0.2) is 48.5 Å². The van der Waals surface area contributed by atoms with Gasteiger partial charge in [0.15, 0.2) is 0 Å². The molecule has 15 heteroatoms. The van der Waals surface area contributed by atoms with Crippen molar-refractivity contribution in [3.63, 3.8) is 0 Å². The summed E-state index contributed by atoms with van der Waals surface area (Å²) in [6, 6.07) is 9.62. The highest BCUT2D eigenvalue weighted by atomic mass is 19.4. The van der Waals surface area contributed by atoms with Crippen LogP contribution in [0.25, 0.3) is 10.9 Å². The number of carbonyl (C=O) groups excluding carboxylic acids is 1. The fourth-order valence-corrected chi connectivity index (χ4v) is 5.87. The van der Waals surface area contributed by atoms with E-state index in [2.05, 4.69) is 4.98 Å². The van der Waals surface area contributed by atoms with Crippen LogP contribution in [0, 0.1) is 10.1 Å². The van der Waals surface area contributed by atoms with Crippen molar-refractivity contribution in [1.82, 2.24) is 9.88 Å². The van der Waals surface area contributed by atoms with E-state index < -0.39 is 34.1 Å². The van der Waals surface area contributed by atoms with Crippen LogP contribution in [0.1, 0.15) is 36.8 Å². The number of nitrogens with zero attached hydrogens (tertiary/aromatic N) is 5. The van der Waals surface area contributed by atoms with Crippen LogP contribution < -0.4 is 9.80 Å². The molecule has 1 aromatic heterocycles. The van der Waals surface area contributed by atoms with Gasteiger partial charge >= 0.3 is 12.4 Å². The summed E-state index contributed by atoms with van der Waals surface area (Å²) < 4.78 is 85.2. The zero-order valence-electron chi connectivity index (χ0n) is 24.3. The van der Waals surface area contributed by atoms with Gasteiger partial charge in [-0.2, -0.15) is 26.3 Å². The monoisotopic (exact) mass is 639 g/mol. The minimum atomic E-state index is -4.86. The first kappa shape index (κ1) is 32.3. The van der Waals surface area contributed by atoms with E-state index in [1.165, 1.54) is 12.1 Å². The minimum Gasteiger partial charge on any atom is -0.372 e. The van der Waals surface area contributed by atoms with Crippen LogP contribution in [0.2, 0.25) is 0 Å². The maximum absolute atomic E-state index is 13.4. The number of ether oxygens (including phenoxy) is 1. The number of hydrogen-bond donors (Lipinski definition) is 0. The molecule has 0 radical (unpaired) electrons. The second-order valence-corrected chi connectivity index (χ2v) is 11.3. The smallest absolute Gasteiger partial charge is 0.372 e. The average Bonchev–Trinajstić information content (AvgIpc) is 3.02. The van der Waals surface area contributed by atoms with Gasteiger partial charge in [0, 0.05) is 56.4 Å². The zero-order valence-corrected chi connectivity index (χ0v) is 24.3. The molecule has 45 heavy (non-hydrogen) atoms. The number of anilines is 2. The number of amides is 1. The number of carbonyl (C=O) groups is 1. The molecule has 0 N–H and O–H groups in total. The summed E-state index contributed by atoms with van der Waals surface area (Å²) in [7, 11) is 1.66. The third-order valence-corrected chi connectivity index (χ3v) is 8.48. The van der Waals surface area contributed by atoms with Crippen molar-refractivity contribution < 1.29 is 40.8 Å². The maximum atomic E-state index is 13.4. The number of hydrogen-bond acceptors (Lipinski definition) is 7. The number of alkyl halides is 6. The Hall–Kier alpha value is -4.14. The Morgan fingerprint density at radius 3 is 2.27 bits per heavy atom. The van der Waals surface area contributed by atoms with Gasteiger partial charge in [-0.15, -0.1) is 0 Å². The fourth-order valence-electron chi connectivity index (χ4n) is 5.87. The number of benzene rings is 2. The summed E-state index contributed by atoms with van der Waals surface area (Å²) in [5, 5.41) is 11.5. The molecule has 3 aromatic rings. The third kappa shape index (κ3) is 7.40. The average molecular weight is 640 g/mol. The Morgan fingerprint density at radius 1 is 0.956 bits per heavy atom. The summed E-state index contributed by atoms with van der Waals surface area (Å²) >= 11 is 0. The lowest BCUT2D eigenvalue weighted by Gasteiger charge is -2.37. The maximum Gasteiger partial charge on any atom is 0.423 e. The summed E-state index contributed by atoms with van der Waals surface area (Å²) in [5.41, 5.74) is -2.32. The van der Waals surface area contributed by atoms with E-state index in [0.717, 1.165) is 24.3 Å². The van der Waals surface area contributed by atoms with E-state index in [1.807, 2.05) is 4.90 Å². The number of pyridine rings is 1. The number of halogens is 6. The van der Waals surface area contributed by atoms with Crippen LogP contribution in [0.4, 0.5) is 43.5 Å². The SMILES string of the molecule is CN(c1ccc([N+](=O)[O-])c(C(F)(F)F)c1)C1CCC(OCC(=O)N2CCN(c3ccc4cc(C(F)(F)F)ccc4n3)CC2)CC1. The lowest BCUT2D eigenvalue weighted by molar-refractivity contribution is -0.388. The van der Waals surface area contributed by atoms with Gasteiger partial charge in [0.25, 0.3) is 5.69 Å². The lowest BCUT2D eigenvalue weighted by atomic mass is 9.91. The molecule has 1 aliphatic carbocycles. The number of fused-ring (bicyclic) bond motifs is 1. The van der Waals surface area contributed by atoms with Gasteiger partial charge in [0.05, 0.1) is 22.1 Å². The molecule has 2 heterocycles. The number of aromatic nitrogens is 1. The van der Waals surface area contributed by atoms with E-state index >= 15 is 0 Å². The van der Waals surface area contributed by atoms with E-state index in [1.54, 1.807) is 29.0 Å². The van der Waals surface area contributed by atoms with E-state index in [4.69, 9.17) is 4.74 Å². The molecular weight excluding hydrogens is 608 g/mol. The largest absolute Gasteiger partial charge is 0.423 e. The molecule has 5 rings (SSSR count). The summed E-state index contributed by atoms with van der Waals surface area (Å²) in [5.74, 6) is 0.460. The van der Waals surface area contributed by atoms with Gasteiger partial charge in [0.2, 0.25) is 5.91 Å². The minimum absolute atomic E-state index is 0.0911. The Balaban J connectivity index is 1.08. The first-order valence-corrected chi connectivity index (χ1v) is 14.4. The topological polar surface area (TPSA) is 92.0 Å². The highest BCUT2D eigenvalue weighted by Crippen LogP contribution is 2.39. The summed E-state index contributed by atoms with van der Waals surface area (Å²) in [6.45, 7) is 1.77. The number of nitro benzene ring substituents is 1. The number of piperazine rings is 1. The second-order valence-electron chi connectivity index (χ2n) is 11.3. The van der Waals surface area contributed by atoms with Crippen molar-refractivity contribution in [2.24, 2.45) is 0 Å².